The molecule has 1 fully saturated rings. The van der Waals surface area contributed by atoms with E-state index >= 15 is 0 Å². The third-order valence-electron chi connectivity index (χ3n) is 4.61. The number of aromatic hydroxyl groups is 1. The van der Waals surface area contributed by atoms with E-state index in [1.807, 2.05) is 30.3 Å². The molecular weight excluding hydrogens is 334 g/mol. The second-order valence-electron chi connectivity index (χ2n) is 6.50. The fourth-order valence-corrected chi connectivity index (χ4v) is 3.19. The average Bonchev–Trinajstić information content (AvgIpc) is 3.30. The summed E-state index contributed by atoms with van der Waals surface area (Å²) >= 11 is 0. The molecule has 0 bridgehead atoms. The number of nitrogens with zero attached hydrogens (tertiary/aromatic N) is 3. The number of hydrogen-bond acceptors (Lipinski definition) is 7. The summed E-state index contributed by atoms with van der Waals surface area (Å²) in [7, 11) is 1.78. The topological polar surface area (TPSA) is 104 Å². The van der Waals surface area contributed by atoms with E-state index in [0.29, 0.717) is 24.0 Å². The molecule has 0 aliphatic carbocycles. The Morgan fingerprint density at radius 3 is 2.77 bits per heavy atom. The third-order valence-corrected chi connectivity index (χ3v) is 4.61. The van der Waals surface area contributed by atoms with E-state index in [1.165, 1.54) is 0 Å². The summed E-state index contributed by atoms with van der Waals surface area (Å²) in [6.45, 7) is 0.476. The predicted octanol–water partition coefficient (Wildman–Crippen LogP) is 1.49. The van der Waals surface area contributed by atoms with Crippen molar-refractivity contribution in [2.24, 2.45) is 0 Å². The number of benzene rings is 2. The highest BCUT2D eigenvalue weighted by Gasteiger charge is 2.31. The van der Waals surface area contributed by atoms with Crippen LogP contribution in [-0.4, -0.2) is 39.3 Å². The van der Waals surface area contributed by atoms with Crippen molar-refractivity contribution >= 4 is 16.9 Å². The molecule has 2 atom stereocenters. The van der Waals surface area contributed by atoms with Gasteiger partial charge in [-0.25, -0.2) is 15.5 Å². The summed E-state index contributed by atoms with van der Waals surface area (Å²) in [6.07, 6.45) is 0.639. The van der Waals surface area contributed by atoms with E-state index in [9.17, 15) is 9.90 Å². The highest BCUT2D eigenvalue weighted by molar-refractivity contribution is 5.82. The summed E-state index contributed by atoms with van der Waals surface area (Å²) < 4.78 is 4.70. The van der Waals surface area contributed by atoms with Gasteiger partial charge in [-0.1, -0.05) is 18.2 Å². The smallest absolute Gasteiger partial charge is 0.241 e. The fourth-order valence-electron chi connectivity index (χ4n) is 3.19. The molecule has 1 aliphatic rings. The van der Waals surface area contributed by atoms with Crippen LogP contribution in [0.2, 0.25) is 0 Å². The highest BCUT2D eigenvalue weighted by atomic mass is 16.6. The van der Waals surface area contributed by atoms with Crippen molar-refractivity contribution in [3.05, 3.63) is 53.6 Å². The van der Waals surface area contributed by atoms with Crippen molar-refractivity contribution in [3.63, 3.8) is 0 Å². The third kappa shape index (κ3) is 3.24. The number of hydrazine groups is 1. The van der Waals surface area contributed by atoms with Crippen LogP contribution in [0, 0.1) is 0 Å². The maximum atomic E-state index is 12.7. The second kappa shape index (κ2) is 6.74. The Balaban J connectivity index is 1.39. The van der Waals surface area contributed by atoms with Crippen LogP contribution in [0.1, 0.15) is 23.6 Å². The van der Waals surface area contributed by atoms with Crippen LogP contribution in [0.25, 0.3) is 11.0 Å². The predicted molar refractivity (Wildman–Crippen MR) is 93.8 cm³/mol. The van der Waals surface area contributed by atoms with Gasteiger partial charge in [0.1, 0.15) is 22.8 Å². The Hall–Kier alpha value is -2.97. The Morgan fingerprint density at radius 1 is 1.19 bits per heavy atom. The number of hydrogen-bond donors (Lipinski definition) is 3. The lowest BCUT2D eigenvalue weighted by atomic mass is 10.0. The zero-order chi connectivity index (χ0) is 18.1. The van der Waals surface area contributed by atoms with Crippen LogP contribution in [0.4, 0.5) is 0 Å². The van der Waals surface area contributed by atoms with Gasteiger partial charge in [-0.3, -0.25) is 4.79 Å². The lowest BCUT2D eigenvalue weighted by Crippen LogP contribution is -2.43. The quantitative estimate of drug-likeness (QED) is 0.653. The SMILES string of the molecule is CN(Cc1ccc2nonc2c1)C(=O)C1CC(c2ccc(O)cc2)NN1. The van der Waals surface area contributed by atoms with E-state index in [-0.39, 0.29) is 23.7 Å². The molecule has 8 nitrogen and oxygen atoms in total. The van der Waals surface area contributed by atoms with E-state index in [1.54, 1.807) is 24.1 Å². The number of phenolic OH excluding ortho intramolecular Hbond substituents is 1. The molecule has 0 saturated carbocycles. The van der Waals surface area contributed by atoms with Gasteiger partial charge in [0.2, 0.25) is 5.91 Å². The first-order chi connectivity index (χ1) is 12.6. The molecule has 134 valence electrons. The molecule has 26 heavy (non-hydrogen) atoms. The number of phenols is 1. The standard InChI is InChI=1S/C18H19N5O3/c1-23(10-11-2-7-14-16(8-11)22-26-21-14)18(25)17-9-15(19-20-17)12-3-5-13(24)6-4-12/h2-8,15,17,19-20,24H,9-10H2,1H3. The van der Waals surface area contributed by atoms with E-state index in [0.717, 1.165) is 11.1 Å². The van der Waals surface area contributed by atoms with Gasteiger partial charge in [-0.05, 0) is 52.1 Å². The first-order valence-electron chi connectivity index (χ1n) is 8.36. The molecule has 2 unspecified atom stereocenters. The molecule has 2 aromatic carbocycles. The summed E-state index contributed by atoms with van der Waals surface area (Å²) in [4.78, 5) is 14.4. The van der Waals surface area contributed by atoms with Gasteiger partial charge < -0.3 is 10.0 Å². The first-order valence-corrected chi connectivity index (χ1v) is 8.36. The van der Waals surface area contributed by atoms with Crippen molar-refractivity contribution < 1.29 is 14.5 Å². The largest absolute Gasteiger partial charge is 0.508 e. The van der Waals surface area contributed by atoms with Crippen LogP contribution in [-0.2, 0) is 11.3 Å². The van der Waals surface area contributed by atoms with Crippen LogP contribution in [0.5, 0.6) is 5.75 Å². The molecule has 8 heteroatoms. The lowest BCUT2D eigenvalue weighted by molar-refractivity contribution is -0.132. The van der Waals surface area contributed by atoms with E-state index < -0.39 is 0 Å². The number of fused-ring (bicyclic) bond motifs is 1. The minimum Gasteiger partial charge on any atom is -0.508 e. The molecule has 2 heterocycles. The van der Waals surface area contributed by atoms with Gasteiger partial charge in [0.05, 0.1) is 0 Å². The molecule has 1 saturated heterocycles. The molecule has 3 aromatic rings. The van der Waals surface area contributed by atoms with E-state index in [2.05, 4.69) is 21.2 Å². The van der Waals surface area contributed by atoms with Gasteiger partial charge in [-0.2, -0.15) is 0 Å². The monoisotopic (exact) mass is 353 g/mol. The van der Waals surface area contributed by atoms with Gasteiger partial charge in [0, 0.05) is 19.6 Å². The molecular formula is C18H19N5O3. The number of likely N-dealkylation sites (N-methyl/N-ethyl adjacent to an activating group) is 1. The molecule has 1 amide bonds. The van der Waals surface area contributed by atoms with Crippen LogP contribution >= 0.6 is 0 Å². The summed E-state index contributed by atoms with van der Waals surface area (Å²) in [6, 6.07) is 12.3. The maximum Gasteiger partial charge on any atom is 0.241 e. The number of amides is 1. The van der Waals surface area contributed by atoms with Crippen molar-refractivity contribution in [1.29, 1.82) is 0 Å². The summed E-state index contributed by atoms with van der Waals surface area (Å²) in [5.41, 5.74) is 9.58. The van der Waals surface area contributed by atoms with Crippen LogP contribution < -0.4 is 10.9 Å². The normalized spacial score (nSPS) is 19.7. The number of nitrogens with one attached hydrogen (secondary N) is 2. The Labute approximate surface area is 149 Å². The minimum atomic E-state index is -0.309. The highest BCUT2D eigenvalue weighted by Crippen LogP contribution is 2.25. The van der Waals surface area contributed by atoms with Gasteiger partial charge in [-0.15, -0.1) is 0 Å². The number of carbonyl (C=O) groups excluding carboxylic acids is 1. The Morgan fingerprint density at radius 2 is 1.96 bits per heavy atom. The van der Waals surface area contributed by atoms with Crippen LogP contribution in [0.3, 0.4) is 0 Å². The average molecular weight is 353 g/mol. The molecule has 4 rings (SSSR count). The molecule has 0 spiro atoms. The Kier molecular flexibility index (Phi) is 4.27. The van der Waals surface area contributed by atoms with Crippen molar-refractivity contribution in [2.75, 3.05) is 7.05 Å². The van der Waals surface area contributed by atoms with Crippen molar-refractivity contribution in [1.82, 2.24) is 26.1 Å². The minimum absolute atomic E-state index is 0.0113. The molecule has 1 aromatic heterocycles. The number of rotatable bonds is 4. The van der Waals surface area contributed by atoms with Gasteiger partial charge in [0.15, 0.2) is 0 Å². The number of carbonyl (C=O) groups is 1. The van der Waals surface area contributed by atoms with Gasteiger partial charge >= 0.3 is 0 Å². The second-order valence-corrected chi connectivity index (χ2v) is 6.50. The van der Waals surface area contributed by atoms with Crippen LogP contribution in [0.15, 0.2) is 47.1 Å². The zero-order valence-corrected chi connectivity index (χ0v) is 14.2. The van der Waals surface area contributed by atoms with Crippen molar-refractivity contribution in [2.45, 2.75) is 25.0 Å². The number of aromatic nitrogens is 2. The zero-order valence-electron chi connectivity index (χ0n) is 14.2. The lowest BCUT2D eigenvalue weighted by Gasteiger charge is -2.21. The summed E-state index contributed by atoms with van der Waals surface area (Å²) in [5.74, 6) is 0.239. The van der Waals surface area contributed by atoms with Gasteiger partial charge in [0.25, 0.3) is 0 Å². The Bertz CT molecular complexity index is 924. The van der Waals surface area contributed by atoms with E-state index in [4.69, 9.17) is 4.63 Å². The van der Waals surface area contributed by atoms with Crippen molar-refractivity contribution in [3.8, 4) is 5.75 Å². The molecule has 1 aliphatic heterocycles. The molecule has 3 N–H and O–H groups in total. The fraction of sp³-hybridized carbons (Fsp3) is 0.278. The summed E-state index contributed by atoms with van der Waals surface area (Å²) in [5, 5.41) is 17.0. The molecule has 0 radical (unpaired) electrons. The maximum absolute atomic E-state index is 12.7. The first kappa shape index (κ1) is 16.5.